The molecule has 0 saturated heterocycles. The summed E-state index contributed by atoms with van der Waals surface area (Å²) in [5.74, 6) is -55.6. The average molecular weight is 530 g/mol. The molecular formula is C11H2F20O. The van der Waals surface area contributed by atoms with Crippen molar-refractivity contribution >= 4 is 0 Å². The van der Waals surface area contributed by atoms with E-state index in [0.717, 1.165) is 0 Å². The number of hydrogen-bond donors (Lipinski definition) is 0. The van der Waals surface area contributed by atoms with Crippen LogP contribution >= 0.6 is 0 Å². The van der Waals surface area contributed by atoms with Crippen molar-refractivity contribution in [1.82, 2.24) is 0 Å². The van der Waals surface area contributed by atoms with Gasteiger partial charge < -0.3 is 4.74 Å². The van der Waals surface area contributed by atoms with Crippen molar-refractivity contribution in [2.45, 2.75) is 47.9 Å². The molecule has 0 aliphatic rings. The van der Waals surface area contributed by atoms with Gasteiger partial charge in [-0.15, -0.1) is 0 Å². The molecule has 32 heavy (non-hydrogen) atoms. The van der Waals surface area contributed by atoms with Gasteiger partial charge in [0.2, 0.25) is 5.83 Å². The molecular weight excluding hydrogens is 528 g/mol. The summed E-state index contributed by atoms with van der Waals surface area (Å²) in [6.45, 7) is -3.13. The van der Waals surface area contributed by atoms with Gasteiger partial charge >= 0.3 is 53.9 Å². The fourth-order valence-electron chi connectivity index (χ4n) is 1.44. The quantitative estimate of drug-likeness (QED) is 0.242. The van der Waals surface area contributed by atoms with Crippen molar-refractivity contribution in [2.75, 3.05) is 6.61 Å². The maximum Gasteiger partial charge on any atom is 0.460 e. The molecule has 0 bridgehead atoms. The van der Waals surface area contributed by atoms with Gasteiger partial charge in [0.1, 0.15) is 0 Å². The Kier molecular flexibility index (Phi) is 7.41. The molecule has 0 amide bonds. The lowest BCUT2D eigenvalue weighted by molar-refractivity contribution is -0.451. The van der Waals surface area contributed by atoms with Gasteiger partial charge in [-0.2, -0.15) is 87.8 Å². The van der Waals surface area contributed by atoms with Crippen molar-refractivity contribution < 1.29 is 92.5 Å². The van der Waals surface area contributed by atoms with Crippen LogP contribution in [0.5, 0.6) is 0 Å². The SMILES string of the molecule is FC(OCC(F)(F)F)=C(F)C(F)(F)C(F)(F)C(F)(F)C(F)(F)C(F)(F)C(F)(F)C(F)(F)F. The van der Waals surface area contributed by atoms with Crippen LogP contribution in [0.2, 0.25) is 0 Å². The Balaban J connectivity index is 6.60. The van der Waals surface area contributed by atoms with Crippen molar-refractivity contribution in [3.8, 4) is 0 Å². The lowest BCUT2D eigenvalue weighted by Crippen LogP contribution is -2.72. The molecule has 0 spiro atoms. The molecule has 0 saturated carbocycles. The van der Waals surface area contributed by atoms with Gasteiger partial charge in [-0.1, -0.05) is 0 Å². The van der Waals surface area contributed by atoms with Gasteiger partial charge in [0.25, 0.3) is 0 Å². The van der Waals surface area contributed by atoms with Gasteiger partial charge in [0.15, 0.2) is 6.61 Å². The van der Waals surface area contributed by atoms with Gasteiger partial charge in [-0.3, -0.25) is 0 Å². The second kappa shape index (κ2) is 7.87. The molecule has 0 radical (unpaired) electrons. The number of ether oxygens (including phenoxy) is 1. The molecule has 1 nitrogen and oxygen atoms in total. The minimum Gasteiger partial charge on any atom is -0.459 e. The Morgan fingerprint density at radius 1 is 0.469 bits per heavy atom. The van der Waals surface area contributed by atoms with Crippen LogP contribution in [0, 0.1) is 0 Å². The highest BCUT2D eigenvalue weighted by molar-refractivity contribution is 5.20. The van der Waals surface area contributed by atoms with Crippen molar-refractivity contribution in [1.29, 1.82) is 0 Å². The standard InChI is InChI=1S/C11H2F20O/c12-2(3(13)32-1-4(14,15)16)5(17,18)6(19,20)7(21,22)8(23,24)9(25,26)10(27,28)11(29,30)31/h1H2. The van der Waals surface area contributed by atoms with Crippen LogP contribution in [0.25, 0.3) is 0 Å². The van der Waals surface area contributed by atoms with E-state index < -0.39 is 66.3 Å². The lowest BCUT2D eigenvalue weighted by Gasteiger charge is -2.41. The average Bonchev–Trinajstić information content (AvgIpc) is 2.56. The molecule has 0 aliphatic heterocycles. The number of halogens is 20. The molecule has 0 aromatic rings. The molecule has 0 aromatic carbocycles. The Labute approximate surface area is 160 Å². The van der Waals surface area contributed by atoms with Crippen LogP contribution in [-0.2, 0) is 4.74 Å². The monoisotopic (exact) mass is 530 g/mol. The fraction of sp³-hybridized carbons (Fsp3) is 0.818. The third-order valence-electron chi connectivity index (χ3n) is 3.14. The first-order valence-corrected chi connectivity index (χ1v) is 6.63. The summed E-state index contributed by atoms with van der Waals surface area (Å²) >= 11 is 0. The van der Waals surface area contributed by atoms with E-state index in [4.69, 9.17) is 0 Å². The fourth-order valence-corrected chi connectivity index (χ4v) is 1.44. The predicted octanol–water partition coefficient (Wildman–Crippen LogP) is 7.05. The van der Waals surface area contributed by atoms with Crippen molar-refractivity contribution in [2.24, 2.45) is 0 Å². The van der Waals surface area contributed by atoms with E-state index in [9.17, 15) is 87.8 Å². The van der Waals surface area contributed by atoms with E-state index >= 15 is 0 Å². The zero-order valence-electron chi connectivity index (χ0n) is 13.7. The van der Waals surface area contributed by atoms with Gasteiger partial charge in [-0.05, 0) is 0 Å². The molecule has 192 valence electrons. The Hall–Kier alpha value is -1.86. The van der Waals surface area contributed by atoms with Crippen LogP contribution in [0.4, 0.5) is 87.8 Å². The normalized spacial score (nSPS) is 16.8. The largest absolute Gasteiger partial charge is 0.460 e. The Morgan fingerprint density at radius 3 is 1.09 bits per heavy atom. The molecule has 0 heterocycles. The molecule has 0 fully saturated rings. The first kappa shape index (κ1) is 30.1. The third kappa shape index (κ3) is 4.46. The first-order chi connectivity index (χ1) is 13.5. The highest BCUT2D eigenvalue weighted by atomic mass is 19.4. The van der Waals surface area contributed by atoms with E-state index in [1.165, 1.54) is 0 Å². The minimum absolute atomic E-state index is 2.46. The lowest BCUT2D eigenvalue weighted by atomic mass is 9.91. The second-order valence-electron chi connectivity index (χ2n) is 5.44. The minimum atomic E-state index is -8.77. The molecule has 0 atom stereocenters. The summed E-state index contributed by atoms with van der Waals surface area (Å²) in [7, 11) is 0. The highest BCUT2D eigenvalue weighted by Crippen LogP contribution is 2.63. The molecule has 21 heteroatoms. The zero-order chi connectivity index (χ0) is 26.6. The van der Waals surface area contributed by atoms with E-state index in [1.54, 1.807) is 0 Å². The summed E-state index contributed by atoms with van der Waals surface area (Å²) in [4.78, 5) is 0. The van der Waals surface area contributed by atoms with Crippen molar-refractivity contribution in [3.63, 3.8) is 0 Å². The highest BCUT2D eigenvalue weighted by Gasteiger charge is 2.93. The summed E-state index contributed by atoms with van der Waals surface area (Å²) in [6.07, 6.45) is -13.6. The van der Waals surface area contributed by atoms with E-state index in [-0.39, 0.29) is 0 Å². The molecule has 0 unspecified atom stereocenters. The molecule has 0 aliphatic carbocycles. The van der Waals surface area contributed by atoms with E-state index in [1.807, 2.05) is 0 Å². The van der Waals surface area contributed by atoms with E-state index in [2.05, 4.69) is 4.74 Å². The summed E-state index contributed by atoms with van der Waals surface area (Å²) in [5.41, 5.74) is 0. The Morgan fingerprint density at radius 2 is 0.781 bits per heavy atom. The van der Waals surface area contributed by atoms with Gasteiger partial charge in [0, 0.05) is 0 Å². The zero-order valence-corrected chi connectivity index (χ0v) is 13.7. The second-order valence-corrected chi connectivity index (χ2v) is 5.44. The van der Waals surface area contributed by atoms with Crippen LogP contribution in [0.3, 0.4) is 0 Å². The van der Waals surface area contributed by atoms with Crippen LogP contribution in [-0.4, -0.2) is 54.5 Å². The summed E-state index contributed by atoms with van der Waals surface area (Å²) in [6, 6.07) is -4.13. The third-order valence-corrected chi connectivity index (χ3v) is 3.14. The summed E-state index contributed by atoms with van der Waals surface area (Å²) < 4.78 is 255. The van der Waals surface area contributed by atoms with E-state index in [0.29, 0.717) is 0 Å². The number of rotatable bonds is 8. The summed E-state index contributed by atoms with van der Waals surface area (Å²) in [5, 5.41) is 0. The maximum atomic E-state index is 13.2. The van der Waals surface area contributed by atoms with Crippen LogP contribution in [0.1, 0.15) is 0 Å². The predicted molar refractivity (Wildman–Crippen MR) is 57.0 cm³/mol. The molecule has 0 rings (SSSR count). The van der Waals surface area contributed by atoms with Crippen molar-refractivity contribution in [3.05, 3.63) is 11.8 Å². The number of allylic oxidation sites excluding steroid dienone is 1. The number of alkyl halides is 18. The number of hydrogen-bond acceptors (Lipinski definition) is 1. The molecule has 0 N–H and O–H groups in total. The topological polar surface area (TPSA) is 9.23 Å². The first-order valence-electron chi connectivity index (χ1n) is 6.63. The molecule has 0 aromatic heterocycles. The smallest absolute Gasteiger partial charge is 0.459 e. The van der Waals surface area contributed by atoms with Gasteiger partial charge in [0.05, 0.1) is 0 Å². The van der Waals surface area contributed by atoms with Crippen LogP contribution in [0.15, 0.2) is 11.8 Å². The Bertz CT molecular complexity index is 708. The van der Waals surface area contributed by atoms with Gasteiger partial charge in [-0.25, -0.2) is 0 Å². The maximum absolute atomic E-state index is 13.2. The van der Waals surface area contributed by atoms with Crippen LogP contribution < -0.4 is 0 Å².